The number of pyridine rings is 1. The number of hydrogen-bond donors (Lipinski definition) is 1. The second kappa shape index (κ2) is 6.53. The molecule has 1 N–H and O–H groups in total. The van der Waals surface area contributed by atoms with Gasteiger partial charge < -0.3 is 10.1 Å². The first-order valence-corrected chi connectivity index (χ1v) is 6.92. The third kappa shape index (κ3) is 3.36. The van der Waals surface area contributed by atoms with Crippen molar-refractivity contribution in [3.63, 3.8) is 0 Å². The third-order valence-corrected chi connectivity index (χ3v) is 3.56. The second-order valence-corrected chi connectivity index (χ2v) is 5.14. The first kappa shape index (κ1) is 14.5. The summed E-state index contributed by atoms with van der Waals surface area (Å²) in [7, 11) is 1.72. The zero-order valence-corrected chi connectivity index (χ0v) is 12.6. The summed E-state index contributed by atoms with van der Waals surface area (Å²) in [5, 5.41) is 3.61. The number of hydrogen-bond acceptors (Lipinski definition) is 3. The Morgan fingerprint density at radius 1 is 1.05 bits per heavy atom. The molecule has 1 aromatic heterocycles. The minimum atomic E-state index is 0.216. The Kier molecular flexibility index (Phi) is 4.74. The van der Waals surface area contributed by atoms with Crippen molar-refractivity contribution in [2.45, 2.75) is 32.9 Å². The highest BCUT2D eigenvalue weighted by Gasteiger charge is 2.14. The zero-order valence-electron chi connectivity index (χ0n) is 12.6. The standard InChI is InChI=1S/C17H22N2O/c1-12-5-6-17(20-4)16(11-12)14(3)19-13(2)15-7-9-18-10-8-15/h5-11,13-14,19H,1-4H3. The Morgan fingerprint density at radius 3 is 2.40 bits per heavy atom. The van der Waals surface area contributed by atoms with Gasteiger partial charge in [-0.1, -0.05) is 17.7 Å². The normalized spacial score (nSPS) is 13.8. The number of benzene rings is 1. The lowest BCUT2D eigenvalue weighted by molar-refractivity contribution is 0.396. The molecule has 3 heteroatoms. The Bertz CT molecular complexity index is 554. The second-order valence-electron chi connectivity index (χ2n) is 5.14. The molecular weight excluding hydrogens is 248 g/mol. The van der Waals surface area contributed by atoms with Crippen molar-refractivity contribution >= 4 is 0 Å². The average molecular weight is 270 g/mol. The monoisotopic (exact) mass is 270 g/mol. The summed E-state index contributed by atoms with van der Waals surface area (Å²) in [5.41, 5.74) is 3.66. The first-order chi connectivity index (χ1) is 9.61. The van der Waals surface area contributed by atoms with Crippen LogP contribution in [0.3, 0.4) is 0 Å². The van der Waals surface area contributed by atoms with Crippen LogP contribution >= 0.6 is 0 Å². The summed E-state index contributed by atoms with van der Waals surface area (Å²) in [4.78, 5) is 4.06. The van der Waals surface area contributed by atoms with Gasteiger partial charge >= 0.3 is 0 Å². The Hall–Kier alpha value is -1.87. The molecule has 2 atom stereocenters. The van der Waals surface area contributed by atoms with Crippen LogP contribution in [0.25, 0.3) is 0 Å². The van der Waals surface area contributed by atoms with Crippen LogP contribution in [0.15, 0.2) is 42.7 Å². The van der Waals surface area contributed by atoms with E-state index in [-0.39, 0.29) is 12.1 Å². The molecule has 2 aromatic rings. The molecule has 3 nitrogen and oxygen atoms in total. The average Bonchev–Trinajstić information content (AvgIpc) is 2.48. The van der Waals surface area contributed by atoms with Gasteiger partial charge in [0.05, 0.1) is 7.11 Å². The molecule has 0 spiro atoms. The lowest BCUT2D eigenvalue weighted by Gasteiger charge is -2.22. The molecule has 0 aliphatic carbocycles. The van der Waals surface area contributed by atoms with Crippen LogP contribution in [0.5, 0.6) is 5.75 Å². The van der Waals surface area contributed by atoms with Gasteiger partial charge in [0, 0.05) is 30.0 Å². The third-order valence-electron chi connectivity index (χ3n) is 3.56. The van der Waals surface area contributed by atoms with Crippen molar-refractivity contribution in [3.8, 4) is 5.75 Å². The van der Waals surface area contributed by atoms with Crippen molar-refractivity contribution < 1.29 is 4.74 Å². The zero-order chi connectivity index (χ0) is 14.5. The van der Waals surface area contributed by atoms with E-state index in [1.165, 1.54) is 16.7 Å². The molecule has 2 unspecified atom stereocenters. The molecule has 20 heavy (non-hydrogen) atoms. The fourth-order valence-electron chi connectivity index (χ4n) is 2.41. The van der Waals surface area contributed by atoms with E-state index in [9.17, 15) is 0 Å². The number of nitrogens with zero attached hydrogens (tertiary/aromatic N) is 1. The molecule has 0 aliphatic heterocycles. The van der Waals surface area contributed by atoms with Gasteiger partial charge in [0.1, 0.15) is 5.75 Å². The quantitative estimate of drug-likeness (QED) is 0.897. The number of aromatic nitrogens is 1. The van der Waals surface area contributed by atoms with E-state index in [1.807, 2.05) is 30.6 Å². The van der Waals surface area contributed by atoms with Gasteiger partial charge in [-0.2, -0.15) is 0 Å². The Balaban J connectivity index is 2.16. The van der Waals surface area contributed by atoms with Crippen LogP contribution in [0, 0.1) is 6.92 Å². The molecule has 0 aliphatic rings. The Morgan fingerprint density at radius 2 is 1.75 bits per heavy atom. The smallest absolute Gasteiger partial charge is 0.123 e. The summed E-state index contributed by atoms with van der Waals surface area (Å²) in [6, 6.07) is 10.8. The summed E-state index contributed by atoms with van der Waals surface area (Å²) in [6.07, 6.45) is 3.65. The molecule has 2 rings (SSSR count). The molecule has 0 fully saturated rings. The van der Waals surface area contributed by atoms with Gasteiger partial charge in [-0.25, -0.2) is 0 Å². The predicted octanol–water partition coefficient (Wildman–Crippen LogP) is 3.81. The summed E-state index contributed by atoms with van der Waals surface area (Å²) >= 11 is 0. The van der Waals surface area contributed by atoms with Gasteiger partial charge in [0.2, 0.25) is 0 Å². The molecule has 0 saturated carbocycles. The van der Waals surface area contributed by atoms with E-state index in [0.29, 0.717) is 0 Å². The fourth-order valence-corrected chi connectivity index (χ4v) is 2.41. The molecule has 1 aromatic carbocycles. The van der Waals surface area contributed by atoms with Crippen molar-refractivity contribution in [2.24, 2.45) is 0 Å². The number of rotatable bonds is 5. The van der Waals surface area contributed by atoms with Gasteiger partial charge in [-0.3, -0.25) is 4.98 Å². The molecule has 106 valence electrons. The summed E-state index contributed by atoms with van der Waals surface area (Å²) in [6.45, 7) is 6.42. The van der Waals surface area contributed by atoms with Crippen LogP contribution < -0.4 is 10.1 Å². The maximum Gasteiger partial charge on any atom is 0.123 e. The van der Waals surface area contributed by atoms with E-state index in [0.717, 1.165) is 5.75 Å². The predicted molar refractivity (Wildman–Crippen MR) is 81.9 cm³/mol. The highest BCUT2D eigenvalue weighted by atomic mass is 16.5. The minimum absolute atomic E-state index is 0.216. The number of aryl methyl sites for hydroxylation is 1. The van der Waals surface area contributed by atoms with E-state index >= 15 is 0 Å². The SMILES string of the molecule is COc1ccc(C)cc1C(C)NC(C)c1ccncc1. The van der Waals surface area contributed by atoms with Crippen LogP contribution in [0.4, 0.5) is 0 Å². The van der Waals surface area contributed by atoms with Gasteiger partial charge in [0.25, 0.3) is 0 Å². The first-order valence-electron chi connectivity index (χ1n) is 6.92. The van der Waals surface area contributed by atoms with Gasteiger partial charge in [0.15, 0.2) is 0 Å². The van der Waals surface area contributed by atoms with E-state index in [1.54, 1.807) is 7.11 Å². The molecule has 0 radical (unpaired) electrons. The summed E-state index contributed by atoms with van der Waals surface area (Å²) < 4.78 is 5.46. The topological polar surface area (TPSA) is 34.1 Å². The highest BCUT2D eigenvalue weighted by Crippen LogP contribution is 2.28. The van der Waals surface area contributed by atoms with Crippen LogP contribution in [-0.4, -0.2) is 12.1 Å². The fraction of sp³-hybridized carbons (Fsp3) is 0.353. The van der Waals surface area contributed by atoms with Crippen LogP contribution in [0.1, 0.15) is 42.6 Å². The molecule has 0 saturated heterocycles. The number of nitrogens with one attached hydrogen (secondary N) is 1. The van der Waals surface area contributed by atoms with Gasteiger partial charge in [-0.05, 0) is 44.5 Å². The largest absolute Gasteiger partial charge is 0.496 e. The molecule has 0 amide bonds. The van der Waals surface area contributed by atoms with Gasteiger partial charge in [-0.15, -0.1) is 0 Å². The van der Waals surface area contributed by atoms with E-state index in [4.69, 9.17) is 4.74 Å². The molecular formula is C17H22N2O. The van der Waals surface area contributed by atoms with E-state index in [2.05, 4.69) is 43.2 Å². The maximum absolute atomic E-state index is 5.46. The lowest BCUT2D eigenvalue weighted by Crippen LogP contribution is -2.23. The Labute approximate surface area is 121 Å². The van der Waals surface area contributed by atoms with Crippen LogP contribution in [-0.2, 0) is 0 Å². The van der Waals surface area contributed by atoms with E-state index < -0.39 is 0 Å². The molecule has 0 bridgehead atoms. The van der Waals surface area contributed by atoms with Crippen molar-refractivity contribution in [1.29, 1.82) is 0 Å². The highest BCUT2D eigenvalue weighted by molar-refractivity contribution is 5.39. The number of methoxy groups -OCH3 is 1. The maximum atomic E-state index is 5.46. The van der Waals surface area contributed by atoms with Crippen molar-refractivity contribution in [3.05, 3.63) is 59.4 Å². The van der Waals surface area contributed by atoms with Crippen LogP contribution in [0.2, 0.25) is 0 Å². The van der Waals surface area contributed by atoms with Crippen molar-refractivity contribution in [1.82, 2.24) is 10.3 Å². The molecule has 1 heterocycles. The number of ether oxygens (including phenoxy) is 1. The lowest BCUT2D eigenvalue weighted by atomic mass is 10.0. The summed E-state index contributed by atoms with van der Waals surface area (Å²) in [5.74, 6) is 0.928. The minimum Gasteiger partial charge on any atom is -0.496 e. The van der Waals surface area contributed by atoms with Crippen molar-refractivity contribution in [2.75, 3.05) is 7.11 Å².